The number of aryl methyl sites for hydroxylation is 2. The molecule has 0 atom stereocenters. The maximum atomic E-state index is 3.75. The molecule has 0 fully saturated rings. The molecule has 0 amide bonds. The first-order chi connectivity index (χ1) is 14.1. The van der Waals surface area contributed by atoms with Crippen LogP contribution in [0, 0.1) is 12.8 Å². The zero-order valence-electron chi connectivity index (χ0n) is 23.1. The van der Waals surface area contributed by atoms with Crippen molar-refractivity contribution in [1.82, 2.24) is 0 Å². The molecule has 0 nitrogen and oxygen atoms in total. The fraction of sp³-hybridized carbons (Fsp3) is 0.600. The molecule has 0 heteroatoms. The van der Waals surface area contributed by atoms with Crippen molar-refractivity contribution >= 4 is 0 Å². The van der Waals surface area contributed by atoms with Crippen LogP contribution in [0.2, 0.25) is 0 Å². The Morgan fingerprint density at radius 3 is 1.63 bits per heavy atom. The minimum absolute atomic E-state index is 0.657. The zero-order chi connectivity index (χ0) is 24.5. The van der Waals surface area contributed by atoms with E-state index in [0.717, 1.165) is 6.42 Å². The highest BCUT2D eigenvalue weighted by molar-refractivity contribution is 5.25. The van der Waals surface area contributed by atoms with Gasteiger partial charge in [-0.3, -0.25) is 0 Å². The van der Waals surface area contributed by atoms with E-state index >= 15 is 0 Å². The van der Waals surface area contributed by atoms with Crippen LogP contribution in [-0.2, 0) is 6.42 Å². The second kappa shape index (κ2) is 27.4. The van der Waals surface area contributed by atoms with E-state index in [1.54, 1.807) is 0 Å². The molecule has 0 N–H and O–H groups in total. The van der Waals surface area contributed by atoms with Crippen molar-refractivity contribution in [2.75, 3.05) is 0 Å². The molecule has 0 bridgehead atoms. The Morgan fingerprint density at radius 2 is 1.33 bits per heavy atom. The zero-order valence-corrected chi connectivity index (χ0v) is 23.1. The van der Waals surface area contributed by atoms with E-state index in [9.17, 15) is 0 Å². The van der Waals surface area contributed by atoms with Gasteiger partial charge in [-0.25, -0.2) is 0 Å². The molecule has 1 aromatic rings. The van der Waals surface area contributed by atoms with Gasteiger partial charge >= 0.3 is 0 Å². The second-order valence-corrected chi connectivity index (χ2v) is 8.00. The van der Waals surface area contributed by atoms with Gasteiger partial charge in [0.2, 0.25) is 0 Å². The summed E-state index contributed by atoms with van der Waals surface area (Å²) in [5, 5.41) is 0. The van der Waals surface area contributed by atoms with Crippen molar-refractivity contribution in [3.8, 4) is 0 Å². The lowest BCUT2D eigenvalue weighted by Crippen LogP contribution is -1.85. The summed E-state index contributed by atoms with van der Waals surface area (Å²) in [6, 6.07) is 8.58. The van der Waals surface area contributed by atoms with Gasteiger partial charge in [0.1, 0.15) is 0 Å². The summed E-state index contributed by atoms with van der Waals surface area (Å²) in [4.78, 5) is 0. The van der Waals surface area contributed by atoms with Crippen molar-refractivity contribution in [2.45, 2.75) is 116 Å². The van der Waals surface area contributed by atoms with Gasteiger partial charge in [-0.15, -0.1) is 0 Å². The van der Waals surface area contributed by atoms with E-state index in [4.69, 9.17) is 0 Å². The topological polar surface area (TPSA) is 0 Å². The van der Waals surface area contributed by atoms with Gasteiger partial charge in [0.15, 0.2) is 0 Å². The quantitative estimate of drug-likeness (QED) is 0.330. The molecule has 0 unspecified atom stereocenters. The van der Waals surface area contributed by atoms with Crippen LogP contribution in [0.5, 0.6) is 0 Å². The van der Waals surface area contributed by atoms with E-state index < -0.39 is 0 Å². The molecular formula is C30H56. The lowest BCUT2D eigenvalue weighted by Gasteiger charge is -2.01. The highest BCUT2D eigenvalue weighted by atomic mass is 14.0. The first-order valence-corrected chi connectivity index (χ1v) is 12.1. The van der Waals surface area contributed by atoms with Crippen LogP contribution in [0.25, 0.3) is 0 Å². The maximum absolute atomic E-state index is 3.75. The largest absolute Gasteiger partial charge is 0.0999 e. The van der Waals surface area contributed by atoms with Crippen molar-refractivity contribution < 1.29 is 0 Å². The minimum Gasteiger partial charge on any atom is -0.0999 e. The monoisotopic (exact) mass is 416 g/mol. The van der Waals surface area contributed by atoms with Crippen molar-refractivity contribution in [2.24, 2.45) is 5.92 Å². The summed E-state index contributed by atoms with van der Waals surface area (Å²) in [6.45, 7) is 31.3. The Bertz CT molecular complexity index is 537. The van der Waals surface area contributed by atoms with Crippen LogP contribution in [-0.4, -0.2) is 0 Å². The Hall–Kier alpha value is -1.56. The van der Waals surface area contributed by atoms with E-state index in [-0.39, 0.29) is 0 Å². The normalized spacial score (nSPS) is 9.33. The SMILES string of the molecule is C=C(C)C(C)C.CC.CC/C(C)=C\C=C(C)C.CCC.CCCc1ccccc1C. The molecule has 0 spiro atoms. The third-order valence-electron chi connectivity index (χ3n) is 4.03. The molecule has 0 heterocycles. The first-order valence-electron chi connectivity index (χ1n) is 12.1. The lowest BCUT2D eigenvalue weighted by molar-refractivity contribution is 0.773. The molecule has 1 rings (SSSR count). The van der Waals surface area contributed by atoms with Crippen LogP contribution < -0.4 is 0 Å². The van der Waals surface area contributed by atoms with Crippen molar-refractivity contribution in [3.05, 3.63) is 70.8 Å². The Balaban J connectivity index is -0.000000156. The van der Waals surface area contributed by atoms with Gasteiger partial charge < -0.3 is 0 Å². The maximum Gasteiger partial charge on any atom is -0.0266 e. The molecule has 176 valence electrons. The summed E-state index contributed by atoms with van der Waals surface area (Å²) in [5.41, 5.74) is 6.98. The number of hydrogen-bond donors (Lipinski definition) is 0. The van der Waals surface area contributed by atoms with Crippen molar-refractivity contribution in [3.63, 3.8) is 0 Å². The lowest BCUT2D eigenvalue weighted by atomic mass is 10.1. The number of hydrogen-bond acceptors (Lipinski definition) is 0. The molecule has 30 heavy (non-hydrogen) atoms. The third-order valence-corrected chi connectivity index (χ3v) is 4.03. The van der Waals surface area contributed by atoms with Crippen LogP contribution in [0.4, 0.5) is 0 Å². The molecular weight excluding hydrogens is 360 g/mol. The van der Waals surface area contributed by atoms with E-state index in [2.05, 4.69) is 112 Å². The van der Waals surface area contributed by atoms with Crippen LogP contribution in [0.15, 0.2) is 59.7 Å². The molecule has 0 aromatic heterocycles. The number of rotatable bonds is 5. The molecule has 0 saturated heterocycles. The average Bonchev–Trinajstić information content (AvgIpc) is 2.71. The summed E-state index contributed by atoms with van der Waals surface area (Å²) < 4.78 is 0. The molecule has 0 saturated carbocycles. The summed E-state index contributed by atoms with van der Waals surface area (Å²) >= 11 is 0. The Kier molecular flexibility index (Phi) is 32.8. The van der Waals surface area contributed by atoms with Crippen LogP contribution in [0.3, 0.4) is 0 Å². The highest BCUT2D eigenvalue weighted by Gasteiger charge is 1.92. The van der Waals surface area contributed by atoms with E-state index in [1.807, 2.05) is 20.8 Å². The second-order valence-electron chi connectivity index (χ2n) is 8.00. The standard InChI is InChI=1S/C10H14.C9H16.C6H12.C3H8.C2H6/c1-3-6-10-8-5-4-7-9(10)2;1-5-9(4)7-6-8(2)3;1-5(2)6(3)4;1-3-2;1-2/h4-5,7-8H,3,6H2,1-2H3;6-7H,5H2,1-4H3;6H,1H2,2-4H3;3H2,1-2H3;1-2H3/b;9-7-;;;. The van der Waals surface area contributed by atoms with Gasteiger partial charge in [0.05, 0.1) is 0 Å². The first kappa shape index (κ1) is 35.9. The Labute approximate surface area is 192 Å². The Morgan fingerprint density at radius 1 is 0.900 bits per heavy atom. The minimum atomic E-state index is 0.657. The predicted octanol–water partition coefficient (Wildman–Crippen LogP) is 10.9. The fourth-order valence-corrected chi connectivity index (χ4v) is 1.59. The summed E-state index contributed by atoms with van der Waals surface area (Å²) in [5.74, 6) is 0.657. The summed E-state index contributed by atoms with van der Waals surface area (Å²) in [7, 11) is 0. The average molecular weight is 417 g/mol. The van der Waals surface area contributed by atoms with E-state index in [1.165, 1.54) is 47.1 Å². The van der Waals surface area contributed by atoms with Gasteiger partial charge in [0.25, 0.3) is 0 Å². The van der Waals surface area contributed by atoms with Gasteiger partial charge in [-0.1, -0.05) is 128 Å². The predicted molar refractivity (Wildman–Crippen MR) is 146 cm³/mol. The molecule has 0 radical (unpaired) electrons. The van der Waals surface area contributed by atoms with Gasteiger partial charge in [-0.05, 0) is 64.5 Å². The number of benzene rings is 1. The highest BCUT2D eigenvalue weighted by Crippen LogP contribution is 2.08. The van der Waals surface area contributed by atoms with Gasteiger partial charge in [0, 0.05) is 0 Å². The van der Waals surface area contributed by atoms with E-state index in [0.29, 0.717) is 5.92 Å². The van der Waals surface area contributed by atoms with Crippen LogP contribution >= 0.6 is 0 Å². The molecule has 0 aliphatic rings. The van der Waals surface area contributed by atoms with Crippen LogP contribution in [0.1, 0.15) is 113 Å². The molecule has 0 aliphatic heterocycles. The summed E-state index contributed by atoms with van der Waals surface area (Å²) in [6.07, 6.45) is 9.19. The fourth-order valence-electron chi connectivity index (χ4n) is 1.59. The third kappa shape index (κ3) is 31.1. The number of allylic oxidation sites excluding steroid dienone is 5. The molecule has 1 aromatic carbocycles. The molecule has 0 aliphatic carbocycles. The van der Waals surface area contributed by atoms with Crippen molar-refractivity contribution in [1.29, 1.82) is 0 Å². The smallest absolute Gasteiger partial charge is 0.0266 e. The van der Waals surface area contributed by atoms with Gasteiger partial charge in [-0.2, -0.15) is 0 Å².